The first kappa shape index (κ1) is 23.7. The average molecular weight is 490 g/mol. The quantitative estimate of drug-likeness (QED) is 0.190. The van der Waals surface area contributed by atoms with Crippen molar-refractivity contribution in [3.8, 4) is 11.5 Å². The summed E-state index contributed by atoms with van der Waals surface area (Å²) in [5.74, 6) is 0.506. The van der Waals surface area contributed by atoms with Crippen LogP contribution in [-0.4, -0.2) is 23.7 Å². The molecule has 0 aliphatic heterocycles. The average Bonchev–Trinajstić information content (AvgIpc) is 2.87. The largest absolute Gasteiger partial charge is 0.488 e. The Morgan fingerprint density at radius 2 is 1.69 bits per heavy atom. The summed E-state index contributed by atoms with van der Waals surface area (Å²) < 4.78 is 11.4. The number of rotatable bonds is 9. The molecule has 0 saturated heterocycles. The molecule has 0 atom stereocenters. The van der Waals surface area contributed by atoms with E-state index in [1.54, 1.807) is 36.4 Å². The number of ether oxygens (including phenoxy) is 2. The zero-order valence-electron chi connectivity index (χ0n) is 18.4. The lowest BCUT2D eigenvalue weighted by atomic mass is 10.0. The number of benzene rings is 4. The Morgan fingerprint density at radius 3 is 2.46 bits per heavy atom. The number of amides is 1. The monoisotopic (exact) mass is 489 g/mol. The number of nitrogens with zero attached hydrogens (tertiary/aromatic N) is 2. The molecule has 0 aliphatic rings. The molecule has 0 bridgehead atoms. The van der Waals surface area contributed by atoms with Crippen molar-refractivity contribution in [3.63, 3.8) is 0 Å². The molecule has 0 heterocycles. The van der Waals surface area contributed by atoms with Crippen LogP contribution in [0.5, 0.6) is 11.5 Å². The van der Waals surface area contributed by atoms with Gasteiger partial charge in [0.05, 0.1) is 16.2 Å². The number of hydrazone groups is 1. The Bertz CT molecular complexity index is 1390. The van der Waals surface area contributed by atoms with E-state index in [2.05, 4.69) is 10.5 Å². The minimum absolute atomic E-state index is 0.0153. The van der Waals surface area contributed by atoms with Crippen molar-refractivity contribution in [1.29, 1.82) is 0 Å². The van der Waals surface area contributed by atoms with Gasteiger partial charge < -0.3 is 9.47 Å². The molecule has 35 heavy (non-hydrogen) atoms. The van der Waals surface area contributed by atoms with E-state index in [0.29, 0.717) is 22.1 Å². The highest BCUT2D eigenvalue weighted by atomic mass is 35.5. The third kappa shape index (κ3) is 6.13. The molecular formula is C26H20ClN3O5. The first-order chi connectivity index (χ1) is 17.0. The van der Waals surface area contributed by atoms with Crippen molar-refractivity contribution >= 4 is 40.2 Å². The summed E-state index contributed by atoms with van der Waals surface area (Å²) >= 11 is 6.03. The van der Waals surface area contributed by atoms with E-state index >= 15 is 0 Å². The van der Waals surface area contributed by atoms with Crippen LogP contribution in [0.25, 0.3) is 10.8 Å². The summed E-state index contributed by atoms with van der Waals surface area (Å²) in [5.41, 5.74) is 3.91. The lowest BCUT2D eigenvalue weighted by Crippen LogP contribution is -2.24. The lowest BCUT2D eigenvalue weighted by molar-refractivity contribution is -0.384. The second-order valence-electron chi connectivity index (χ2n) is 7.42. The number of para-hydroxylation sites is 1. The van der Waals surface area contributed by atoms with Crippen LogP contribution in [-0.2, 0) is 11.4 Å². The van der Waals surface area contributed by atoms with Gasteiger partial charge in [-0.1, -0.05) is 54.1 Å². The van der Waals surface area contributed by atoms with Gasteiger partial charge in [-0.3, -0.25) is 14.9 Å². The van der Waals surface area contributed by atoms with Crippen molar-refractivity contribution < 1.29 is 19.2 Å². The molecule has 9 heteroatoms. The van der Waals surface area contributed by atoms with E-state index in [0.717, 1.165) is 16.3 Å². The van der Waals surface area contributed by atoms with Gasteiger partial charge in [-0.2, -0.15) is 5.10 Å². The van der Waals surface area contributed by atoms with Gasteiger partial charge in [-0.05, 0) is 46.7 Å². The Kier molecular flexibility index (Phi) is 7.54. The van der Waals surface area contributed by atoms with Crippen LogP contribution in [0, 0.1) is 10.1 Å². The SMILES string of the molecule is O=C(COc1ccccc1Cl)N/N=C\c1c(OCc2ccc([N+](=O)[O-])cc2)ccc2ccccc12. The van der Waals surface area contributed by atoms with Crippen molar-refractivity contribution in [2.45, 2.75) is 6.61 Å². The molecule has 1 amide bonds. The van der Waals surface area contributed by atoms with Crippen molar-refractivity contribution in [2.75, 3.05) is 6.61 Å². The molecule has 0 spiro atoms. The van der Waals surface area contributed by atoms with Crippen molar-refractivity contribution in [3.05, 3.63) is 111 Å². The second-order valence-corrected chi connectivity index (χ2v) is 7.83. The molecule has 4 aromatic carbocycles. The van der Waals surface area contributed by atoms with Gasteiger partial charge in [0.1, 0.15) is 18.1 Å². The third-order valence-electron chi connectivity index (χ3n) is 5.05. The van der Waals surface area contributed by atoms with E-state index in [1.807, 2.05) is 36.4 Å². The fourth-order valence-electron chi connectivity index (χ4n) is 3.32. The van der Waals surface area contributed by atoms with Crippen LogP contribution in [0.1, 0.15) is 11.1 Å². The Labute approximate surface area is 205 Å². The van der Waals surface area contributed by atoms with Crippen LogP contribution < -0.4 is 14.9 Å². The summed E-state index contributed by atoms with van der Waals surface area (Å²) in [4.78, 5) is 22.6. The molecule has 0 saturated carbocycles. The van der Waals surface area contributed by atoms with Gasteiger partial charge in [0.15, 0.2) is 6.61 Å². The molecular weight excluding hydrogens is 470 g/mol. The maximum atomic E-state index is 12.2. The number of nitro groups is 1. The first-order valence-electron chi connectivity index (χ1n) is 10.6. The maximum Gasteiger partial charge on any atom is 0.277 e. The van der Waals surface area contributed by atoms with E-state index in [-0.39, 0.29) is 18.9 Å². The summed E-state index contributed by atoms with van der Waals surface area (Å²) in [6.45, 7) is -0.0463. The molecule has 4 rings (SSSR count). The van der Waals surface area contributed by atoms with Gasteiger partial charge in [-0.15, -0.1) is 0 Å². The van der Waals surface area contributed by atoms with E-state index < -0.39 is 10.8 Å². The predicted molar refractivity (Wildman–Crippen MR) is 134 cm³/mol. The van der Waals surface area contributed by atoms with Crippen molar-refractivity contribution in [2.24, 2.45) is 5.10 Å². The summed E-state index contributed by atoms with van der Waals surface area (Å²) in [6.07, 6.45) is 1.51. The summed E-state index contributed by atoms with van der Waals surface area (Å²) in [6, 6.07) is 24.5. The predicted octanol–water partition coefficient (Wildman–Crippen LogP) is 5.51. The number of halogens is 1. The number of non-ortho nitro benzene ring substituents is 1. The van der Waals surface area contributed by atoms with E-state index in [4.69, 9.17) is 21.1 Å². The van der Waals surface area contributed by atoms with E-state index in [1.165, 1.54) is 18.3 Å². The first-order valence-corrected chi connectivity index (χ1v) is 11.0. The molecule has 0 fully saturated rings. The summed E-state index contributed by atoms with van der Waals surface area (Å²) in [5, 5.41) is 17.2. The molecule has 0 aromatic heterocycles. The Hall–Kier alpha value is -4.43. The van der Waals surface area contributed by atoms with Crippen LogP contribution in [0.4, 0.5) is 5.69 Å². The summed E-state index contributed by atoms with van der Waals surface area (Å²) in [7, 11) is 0. The number of hydrogen-bond donors (Lipinski definition) is 1. The van der Waals surface area contributed by atoms with Crippen LogP contribution in [0.15, 0.2) is 90.0 Å². The smallest absolute Gasteiger partial charge is 0.277 e. The highest BCUT2D eigenvalue weighted by molar-refractivity contribution is 6.32. The standard InChI is InChI=1S/C26H20ClN3O5/c27-23-7-3-4-8-25(23)35-17-26(31)29-28-15-22-21-6-2-1-5-19(21)11-14-24(22)34-16-18-9-12-20(13-10-18)30(32)33/h1-15H,16-17H2,(H,29,31)/b28-15-. The molecule has 1 N–H and O–H groups in total. The fraction of sp³-hybridized carbons (Fsp3) is 0.0769. The zero-order chi connectivity index (χ0) is 24.6. The number of nitro benzene ring substituents is 1. The Morgan fingerprint density at radius 1 is 0.943 bits per heavy atom. The molecule has 8 nitrogen and oxygen atoms in total. The maximum absolute atomic E-state index is 12.2. The van der Waals surface area contributed by atoms with Gasteiger partial charge in [-0.25, -0.2) is 5.43 Å². The normalized spacial score (nSPS) is 10.9. The number of fused-ring (bicyclic) bond motifs is 1. The van der Waals surface area contributed by atoms with Gasteiger partial charge in [0.25, 0.3) is 11.6 Å². The minimum Gasteiger partial charge on any atom is -0.488 e. The van der Waals surface area contributed by atoms with Gasteiger partial charge in [0, 0.05) is 17.7 Å². The highest BCUT2D eigenvalue weighted by Crippen LogP contribution is 2.28. The topological polar surface area (TPSA) is 103 Å². The third-order valence-corrected chi connectivity index (χ3v) is 5.36. The fourth-order valence-corrected chi connectivity index (χ4v) is 3.51. The van der Waals surface area contributed by atoms with Crippen LogP contribution in [0.2, 0.25) is 5.02 Å². The van der Waals surface area contributed by atoms with Crippen LogP contribution >= 0.6 is 11.6 Å². The lowest BCUT2D eigenvalue weighted by Gasteiger charge is -2.12. The second kappa shape index (κ2) is 11.1. The zero-order valence-corrected chi connectivity index (χ0v) is 19.1. The van der Waals surface area contributed by atoms with Gasteiger partial charge in [0.2, 0.25) is 0 Å². The number of carbonyl (C=O) groups excluding carboxylic acids is 1. The molecule has 4 aromatic rings. The molecule has 0 unspecified atom stereocenters. The number of nitrogens with one attached hydrogen (secondary N) is 1. The Balaban J connectivity index is 1.46. The number of hydrogen-bond acceptors (Lipinski definition) is 6. The van der Waals surface area contributed by atoms with Gasteiger partial charge >= 0.3 is 0 Å². The van der Waals surface area contributed by atoms with Crippen molar-refractivity contribution in [1.82, 2.24) is 5.43 Å². The molecule has 0 aliphatic carbocycles. The molecule has 0 radical (unpaired) electrons. The molecule has 176 valence electrons. The number of carbonyl (C=O) groups is 1. The highest BCUT2D eigenvalue weighted by Gasteiger charge is 2.10. The van der Waals surface area contributed by atoms with E-state index in [9.17, 15) is 14.9 Å². The minimum atomic E-state index is -0.449. The van der Waals surface area contributed by atoms with Crippen LogP contribution in [0.3, 0.4) is 0 Å².